The number of thioether (sulfide) groups is 1. The van der Waals surface area contributed by atoms with Crippen LogP contribution in [0.5, 0.6) is 0 Å². The molecule has 0 bridgehead atoms. The van der Waals surface area contributed by atoms with Gasteiger partial charge in [0.1, 0.15) is 5.82 Å². The lowest BCUT2D eigenvalue weighted by molar-refractivity contribution is 0.292. The molecule has 14 heavy (non-hydrogen) atoms. The molecule has 0 radical (unpaired) electrons. The Bertz CT molecular complexity index is 354. The molecule has 76 valence electrons. The van der Waals surface area contributed by atoms with Crippen LogP contribution in [0.1, 0.15) is 36.6 Å². The summed E-state index contributed by atoms with van der Waals surface area (Å²) in [5.74, 6) is 3.21. The summed E-state index contributed by atoms with van der Waals surface area (Å²) in [7, 11) is 0. The summed E-state index contributed by atoms with van der Waals surface area (Å²) in [6, 6.07) is 0.602. The van der Waals surface area contributed by atoms with E-state index in [0.29, 0.717) is 6.04 Å². The van der Waals surface area contributed by atoms with Crippen molar-refractivity contribution in [3.63, 3.8) is 0 Å². The van der Waals surface area contributed by atoms with E-state index in [0.717, 1.165) is 18.0 Å². The highest BCUT2D eigenvalue weighted by atomic mass is 32.2. The zero-order valence-corrected chi connectivity index (χ0v) is 9.02. The van der Waals surface area contributed by atoms with Gasteiger partial charge >= 0.3 is 0 Å². The molecule has 1 fully saturated rings. The van der Waals surface area contributed by atoms with Crippen molar-refractivity contribution >= 4 is 17.6 Å². The van der Waals surface area contributed by atoms with Gasteiger partial charge in [0, 0.05) is 17.7 Å². The van der Waals surface area contributed by atoms with E-state index in [1.165, 1.54) is 36.3 Å². The molecule has 1 aliphatic carbocycles. The fraction of sp³-hybridized carbons (Fsp3) is 0.700. The van der Waals surface area contributed by atoms with Crippen LogP contribution in [-0.2, 0) is 12.2 Å². The maximum Gasteiger partial charge on any atom is 0.126 e. The first-order valence-electron chi connectivity index (χ1n) is 5.30. The zero-order valence-electron chi connectivity index (χ0n) is 8.20. The average molecular weight is 209 g/mol. The fourth-order valence-electron chi connectivity index (χ4n) is 2.14. The third-order valence-corrected chi connectivity index (χ3v) is 4.27. The molecular weight excluding hydrogens is 194 g/mol. The smallest absolute Gasteiger partial charge is 0.126 e. The maximum atomic E-state index is 6.12. The summed E-state index contributed by atoms with van der Waals surface area (Å²) in [6.07, 6.45) is 4.96. The zero-order chi connectivity index (χ0) is 9.54. The van der Waals surface area contributed by atoms with E-state index < -0.39 is 0 Å². The largest absolute Gasteiger partial charge is 0.384 e. The number of rotatable bonds is 1. The van der Waals surface area contributed by atoms with Gasteiger partial charge in [0.2, 0.25) is 0 Å². The van der Waals surface area contributed by atoms with E-state index >= 15 is 0 Å². The molecule has 2 N–H and O–H groups in total. The van der Waals surface area contributed by atoms with Crippen molar-refractivity contribution in [2.75, 3.05) is 11.5 Å². The molecule has 2 heterocycles. The van der Waals surface area contributed by atoms with Gasteiger partial charge in [0.15, 0.2) is 0 Å². The first-order chi connectivity index (χ1) is 6.86. The molecule has 1 aromatic rings. The van der Waals surface area contributed by atoms with Gasteiger partial charge in [-0.3, -0.25) is 0 Å². The molecule has 0 aromatic carbocycles. The van der Waals surface area contributed by atoms with Gasteiger partial charge in [0.25, 0.3) is 0 Å². The molecule has 1 saturated carbocycles. The first-order valence-corrected chi connectivity index (χ1v) is 6.45. The summed E-state index contributed by atoms with van der Waals surface area (Å²) in [5.41, 5.74) is 8.69. The Morgan fingerprint density at radius 1 is 1.43 bits per heavy atom. The number of hydrogen-bond acceptors (Lipinski definition) is 3. The van der Waals surface area contributed by atoms with Crippen LogP contribution in [0, 0.1) is 0 Å². The Hall–Kier alpha value is -0.640. The van der Waals surface area contributed by atoms with Gasteiger partial charge in [-0.25, -0.2) is 4.68 Å². The number of nitrogens with two attached hydrogens (primary N) is 1. The van der Waals surface area contributed by atoms with Crippen LogP contribution >= 0.6 is 11.8 Å². The van der Waals surface area contributed by atoms with E-state index in [2.05, 4.69) is 9.78 Å². The van der Waals surface area contributed by atoms with Crippen molar-refractivity contribution in [1.82, 2.24) is 9.78 Å². The van der Waals surface area contributed by atoms with E-state index in [4.69, 9.17) is 5.73 Å². The first kappa shape index (κ1) is 8.65. The van der Waals surface area contributed by atoms with Crippen LogP contribution in [-0.4, -0.2) is 15.5 Å². The van der Waals surface area contributed by atoms with Crippen molar-refractivity contribution in [3.05, 3.63) is 11.3 Å². The average Bonchev–Trinajstić information content (AvgIpc) is 2.43. The second-order valence-electron chi connectivity index (χ2n) is 4.14. The number of nitrogens with zero attached hydrogens (tertiary/aromatic N) is 2. The quantitative estimate of drug-likeness (QED) is 0.769. The number of aryl methyl sites for hydroxylation is 1. The third kappa shape index (κ3) is 1.16. The van der Waals surface area contributed by atoms with Crippen molar-refractivity contribution in [3.8, 4) is 0 Å². The molecular formula is C10H15N3S. The van der Waals surface area contributed by atoms with Gasteiger partial charge in [-0.05, 0) is 25.0 Å². The lowest BCUT2D eigenvalue weighted by Crippen LogP contribution is -2.20. The monoisotopic (exact) mass is 209 g/mol. The topological polar surface area (TPSA) is 43.8 Å². The molecule has 2 aliphatic rings. The van der Waals surface area contributed by atoms with Crippen LogP contribution in [0.3, 0.4) is 0 Å². The molecule has 4 heteroatoms. The van der Waals surface area contributed by atoms with Crippen LogP contribution in [0.4, 0.5) is 5.82 Å². The van der Waals surface area contributed by atoms with Crippen molar-refractivity contribution in [1.29, 1.82) is 0 Å². The highest BCUT2D eigenvalue weighted by molar-refractivity contribution is 7.98. The summed E-state index contributed by atoms with van der Waals surface area (Å²) >= 11 is 1.97. The molecule has 0 unspecified atom stereocenters. The predicted molar refractivity (Wildman–Crippen MR) is 59.4 cm³/mol. The second kappa shape index (κ2) is 3.19. The summed E-state index contributed by atoms with van der Waals surface area (Å²) < 4.78 is 2.08. The minimum Gasteiger partial charge on any atom is -0.384 e. The molecule has 1 aliphatic heterocycles. The number of nitrogen functional groups attached to an aromatic ring is 1. The number of aromatic nitrogens is 2. The Balaban J connectivity index is 2.00. The SMILES string of the molecule is Nc1c2c(nn1C1CCC1)CCSC2. The number of anilines is 1. The van der Waals surface area contributed by atoms with E-state index in [9.17, 15) is 0 Å². The van der Waals surface area contributed by atoms with Gasteiger partial charge in [0.05, 0.1) is 11.7 Å². The van der Waals surface area contributed by atoms with Gasteiger partial charge in [-0.15, -0.1) is 0 Å². The van der Waals surface area contributed by atoms with Gasteiger partial charge in [-0.2, -0.15) is 16.9 Å². The van der Waals surface area contributed by atoms with E-state index in [1.807, 2.05) is 11.8 Å². The molecule has 0 spiro atoms. The highest BCUT2D eigenvalue weighted by Crippen LogP contribution is 2.37. The Morgan fingerprint density at radius 3 is 2.93 bits per heavy atom. The normalized spacial score (nSPS) is 21.7. The molecule has 0 saturated heterocycles. The standard InChI is InChI=1S/C10H15N3S/c11-10-8-6-14-5-4-9(8)12-13(10)7-2-1-3-7/h7H,1-6,11H2. The van der Waals surface area contributed by atoms with Crippen molar-refractivity contribution < 1.29 is 0 Å². The summed E-state index contributed by atoms with van der Waals surface area (Å²) in [4.78, 5) is 0. The van der Waals surface area contributed by atoms with Crippen LogP contribution in [0.15, 0.2) is 0 Å². The summed E-state index contributed by atoms with van der Waals surface area (Å²) in [6.45, 7) is 0. The Labute approximate surface area is 88.0 Å². The fourth-order valence-corrected chi connectivity index (χ4v) is 3.14. The molecule has 1 aromatic heterocycles. The van der Waals surface area contributed by atoms with Crippen LogP contribution in [0.25, 0.3) is 0 Å². The summed E-state index contributed by atoms with van der Waals surface area (Å²) in [5, 5.41) is 4.65. The van der Waals surface area contributed by atoms with E-state index in [1.54, 1.807) is 0 Å². The Morgan fingerprint density at radius 2 is 2.29 bits per heavy atom. The molecule has 0 atom stereocenters. The number of hydrogen-bond donors (Lipinski definition) is 1. The highest BCUT2D eigenvalue weighted by Gasteiger charge is 2.26. The van der Waals surface area contributed by atoms with Gasteiger partial charge < -0.3 is 5.73 Å². The second-order valence-corrected chi connectivity index (χ2v) is 5.25. The molecule has 3 nitrogen and oxygen atoms in total. The molecule has 0 amide bonds. The predicted octanol–water partition coefficient (Wildman–Crippen LogP) is 1.98. The Kier molecular flexibility index (Phi) is 1.97. The maximum absolute atomic E-state index is 6.12. The molecule has 3 rings (SSSR count). The van der Waals surface area contributed by atoms with Crippen molar-refractivity contribution in [2.45, 2.75) is 37.5 Å². The number of fused-ring (bicyclic) bond motifs is 1. The van der Waals surface area contributed by atoms with Crippen LogP contribution < -0.4 is 5.73 Å². The lowest BCUT2D eigenvalue weighted by Gasteiger charge is -2.26. The van der Waals surface area contributed by atoms with Crippen LogP contribution in [0.2, 0.25) is 0 Å². The minimum absolute atomic E-state index is 0.602. The van der Waals surface area contributed by atoms with Gasteiger partial charge in [-0.1, -0.05) is 0 Å². The third-order valence-electron chi connectivity index (χ3n) is 3.28. The lowest BCUT2D eigenvalue weighted by atomic mass is 9.93. The van der Waals surface area contributed by atoms with Crippen molar-refractivity contribution in [2.24, 2.45) is 0 Å². The van der Waals surface area contributed by atoms with E-state index in [-0.39, 0.29) is 0 Å². The minimum atomic E-state index is 0.602.